The highest BCUT2D eigenvalue weighted by molar-refractivity contribution is 7.10. The number of rotatable bonds is 6. The number of carboxylic acid groups (broad SMARTS) is 1. The third-order valence-corrected chi connectivity index (χ3v) is 8.04. The Morgan fingerprint density at radius 3 is 2.62 bits per heavy atom. The van der Waals surface area contributed by atoms with E-state index in [-0.39, 0.29) is 23.9 Å². The number of alkyl halides is 3. The molecule has 0 bridgehead atoms. The van der Waals surface area contributed by atoms with E-state index in [1.807, 2.05) is 23.3 Å². The number of benzene rings is 1. The van der Waals surface area contributed by atoms with Gasteiger partial charge in [0.1, 0.15) is 11.5 Å². The number of guanidine groups is 1. The summed E-state index contributed by atoms with van der Waals surface area (Å²) >= 11 is 1.33. The number of carbonyl (C=O) groups is 1. The molecular weight excluding hydrogens is 547 g/mol. The maximum Gasteiger partial charge on any atom is 0.416 e. The average molecular weight is 576 g/mol. The van der Waals surface area contributed by atoms with E-state index in [4.69, 9.17) is 14.5 Å². The molecule has 13 heteroatoms. The highest BCUT2D eigenvalue weighted by Gasteiger charge is 2.41. The van der Waals surface area contributed by atoms with Gasteiger partial charge in [-0.1, -0.05) is 0 Å². The van der Waals surface area contributed by atoms with Crippen molar-refractivity contribution in [1.29, 1.82) is 0 Å². The van der Waals surface area contributed by atoms with Gasteiger partial charge in [0, 0.05) is 31.7 Å². The van der Waals surface area contributed by atoms with Gasteiger partial charge in [0.15, 0.2) is 0 Å². The summed E-state index contributed by atoms with van der Waals surface area (Å²) in [6.07, 6.45) is -1.55. The highest BCUT2D eigenvalue weighted by Crippen LogP contribution is 2.47. The van der Waals surface area contributed by atoms with E-state index < -0.39 is 23.8 Å². The fraction of sp³-hybridized carbons (Fsp3) is 0.370. The SMILES string of the molecule is COc1cncc(N2CCN(C3=Nc4ccsc4C(CC(=O)O)N3c3cc(C(F)(F)F)ccc3OC)C[C@H]2C)c1. The molecule has 1 N–H and O–H groups in total. The first-order chi connectivity index (χ1) is 19.1. The van der Waals surface area contributed by atoms with E-state index in [0.29, 0.717) is 41.9 Å². The number of hydrogen-bond donors (Lipinski definition) is 1. The number of aliphatic imine (C=N–C) groups is 1. The van der Waals surface area contributed by atoms with Crippen LogP contribution in [0.3, 0.4) is 0 Å². The van der Waals surface area contributed by atoms with Gasteiger partial charge in [0.05, 0.1) is 66.6 Å². The Kier molecular flexibility index (Phi) is 7.49. The third kappa shape index (κ3) is 5.25. The molecule has 1 saturated heterocycles. The summed E-state index contributed by atoms with van der Waals surface area (Å²) in [6, 6.07) is 6.10. The molecule has 2 aliphatic heterocycles. The van der Waals surface area contributed by atoms with Crippen LogP contribution < -0.4 is 19.3 Å². The number of hydrogen-bond acceptors (Lipinski definition) is 9. The van der Waals surface area contributed by atoms with Gasteiger partial charge in [-0.05, 0) is 36.6 Å². The minimum atomic E-state index is -4.60. The van der Waals surface area contributed by atoms with Gasteiger partial charge in [0.2, 0.25) is 5.96 Å². The van der Waals surface area contributed by atoms with E-state index in [1.165, 1.54) is 24.5 Å². The monoisotopic (exact) mass is 575 g/mol. The number of nitrogens with zero attached hydrogens (tertiary/aromatic N) is 5. The Morgan fingerprint density at radius 1 is 1.15 bits per heavy atom. The molecule has 0 radical (unpaired) electrons. The lowest BCUT2D eigenvalue weighted by Gasteiger charge is -2.47. The number of ether oxygens (including phenoxy) is 2. The zero-order valence-corrected chi connectivity index (χ0v) is 22.9. The second kappa shape index (κ2) is 10.9. The summed E-state index contributed by atoms with van der Waals surface area (Å²) in [7, 11) is 2.95. The largest absolute Gasteiger partial charge is 0.495 e. The molecule has 2 aliphatic rings. The number of aromatic nitrogens is 1. The number of pyridine rings is 1. The van der Waals surface area contributed by atoms with Gasteiger partial charge < -0.3 is 24.4 Å². The lowest BCUT2D eigenvalue weighted by molar-refractivity contribution is -0.138. The standard InChI is InChI=1S/C27H28F3N5O4S/c1-16-15-33(7-8-34(16)18-11-19(38-2)14-31-13-18)26-32-20-6-9-40-25(20)22(12-24(36)37)35(26)21-10-17(27(28,29)30)4-5-23(21)39-3/h4-6,9-11,13-14,16,22H,7-8,12,15H2,1-3H3,(H,36,37)/t16-,22?/m1/s1. The van der Waals surface area contributed by atoms with E-state index in [1.54, 1.807) is 30.5 Å². The van der Waals surface area contributed by atoms with Crippen molar-refractivity contribution in [2.45, 2.75) is 31.6 Å². The number of anilines is 2. The Morgan fingerprint density at radius 2 is 1.95 bits per heavy atom. The van der Waals surface area contributed by atoms with E-state index in [9.17, 15) is 23.1 Å². The van der Waals surface area contributed by atoms with Crippen LogP contribution in [0.4, 0.5) is 30.2 Å². The molecule has 1 aromatic carbocycles. The zero-order valence-electron chi connectivity index (χ0n) is 22.1. The number of carboxylic acids is 1. The van der Waals surface area contributed by atoms with Crippen molar-refractivity contribution in [3.8, 4) is 11.5 Å². The van der Waals surface area contributed by atoms with Gasteiger partial charge >= 0.3 is 12.1 Å². The molecule has 2 aromatic heterocycles. The predicted molar refractivity (Wildman–Crippen MR) is 146 cm³/mol. The second-order valence-electron chi connectivity index (χ2n) is 9.52. The fourth-order valence-corrected chi connectivity index (χ4v) is 6.10. The Hall–Kier alpha value is -4.00. The summed E-state index contributed by atoms with van der Waals surface area (Å²) in [4.78, 5) is 27.6. The maximum absolute atomic E-state index is 13.8. The van der Waals surface area contributed by atoms with Crippen LogP contribution in [0, 0.1) is 0 Å². The van der Waals surface area contributed by atoms with E-state index in [0.717, 1.165) is 17.8 Å². The fourth-order valence-electron chi connectivity index (χ4n) is 5.18. The molecule has 40 heavy (non-hydrogen) atoms. The molecule has 1 fully saturated rings. The van der Waals surface area contributed by atoms with Crippen molar-refractivity contribution in [2.75, 3.05) is 43.7 Å². The van der Waals surface area contributed by atoms with E-state index >= 15 is 0 Å². The average Bonchev–Trinajstić information content (AvgIpc) is 3.40. The van der Waals surface area contributed by atoms with Gasteiger partial charge in [-0.3, -0.25) is 14.7 Å². The van der Waals surface area contributed by atoms with Crippen LogP contribution in [0.5, 0.6) is 11.5 Å². The molecule has 0 aliphatic carbocycles. The summed E-state index contributed by atoms with van der Waals surface area (Å²) in [5.41, 5.74) is 0.740. The number of thiophene rings is 1. The molecule has 212 valence electrons. The molecule has 0 saturated carbocycles. The van der Waals surface area contributed by atoms with Crippen LogP contribution in [0.1, 0.15) is 29.8 Å². The molecule has 3 aromatic rings. The number of halogens is 3. The normalized spacial score (nSPS) is 19.2. The van der Waals surface area contributed by atoms with Crippen molar-refractivity contribution in [2.24, 2.45) is 4.99 Å². The Bertz CT molecular complexity index is 1430. The number of fused-ring (bicyclic) bond motifs is 1. The van der Waals surface area contributed by atoms with Crippen LogP contribution in [0.25, 0.3) is 0 Å². The minimum absolute atomic E-state index is 0.0302. The maximum atomic E-state index is 13.8. The van der Waals surface area contributed by atoms with Crippen LogP contribution in [-0.4, -0.2) is 66.8 Å². The van der Waals surface area contributed by atoms with Crippen molar-refractivity contribution < 1.29 is 32.5 Å². The zero-order chi connectivity index (χ0) is 28.6. The van der Waals surface area contributed by atoms with Crippen molar-refractivity contribution in [3.05, 3.63) is 58.5 Å². The molecule has 0 spiro atoms. The first-order valence-electron chi connectivity index (χ1n) is 12.5. The van der Waals surface area contributed by atoms with Gasteiger partial charge in [-0.25, -0.2) is 4.99 Å². The van der Waals surface area contributed by atoms with Crippen LogP contribution >= 0.6 is 11.3 Å². The summed E-state index contributed by atoms with van der Waals surface area (Å²) < 4.78 is 52.3. The molecule has 9 nitrogen and oxygen atoms in total. The van der Waals surface area contributed by atoms with Crippen LogP contribution in [0.15, 0.2) is 53.1 Å². The molecule has 5 rings (SSSR count). The molecule has 2 atom stereocenters. The minimum Gasteiger partial charge on any atom is -0.495 e. The highest BCUT2D eigenvalue weighted by atomic mass is 32.1. The van der Waals surface area contributed by atoms with Gasteiger partial charge in [-0.15, -0.1) is 11.3 Å². The lowest BCUT2D eigenvalue weighted by atomic mass is 10.0. The van der Waals surface area contributed by atoms with Crippen molar-refractivity contribution >= 4 is 40.3 Å². The van der Waals surface area contributed by atoms with Crippen molar-refractivity contribution in [3.63, 3.8) is 0 Å². The quantitative estimate of drug-likeness (QED) is 0.417. The first kappa shape index (κ1) is 27.6. The Balaban J connectivity index is 1.58. The smallest absolute Gasteiger partial charge is 0.416 e. The Labute approximate surface area is 233 Å². The van der Waals surface area contributed by atoms with E-state index in [2.05, 4.69) is 9.88 Å². The topological polar surface area (TPSA) is 90.7 Å². The summed E-state index contributed by atoms with van der Waals surface area (Å²) in [5, 5.41) is 11.6. The molecule has 0 amide bonds. The summed E-state index contributed by atoms with van der Waals surface area (Å²) in [5.74, 6) is 0.119. The second-order valence-corrected chi connectivity index (χ2v) is 10.5. The third-order valence-electron chi connectivity index (χ3n) is 7.03. The van der Waals surface area contributed by atoms with Crippen LogP contribution in [-0.2, 0) is 11.0 Å². The lowest BCUT2D eigenvalue weighted by Crippen LogP contribution is -2.58. The molecule has 4 heterocycles. The molecule has 1 unspecified atom stereocenters. The summed E-state index contributed by atoms with van der Waals surface area (Å²) in [6.45, 7) is 3.57. The number of piperazine rings is 1. The van der Waals surface area contributed by atoms with Gasteiger partial charge in [-0.2, -0.15) is 13.2 Å². The van der Waals surface area contributed by atoms with Gasteiger partial charge in [0.25, 0.3) is 0 Å². The predicted octanol–water partition coefficient (Wildman–Crippen LogP) is 5.41. The number of aliphatic carboxylic acids is 1. The number of methoxy groups -OCH3 is 2. The molecular formula is C27H28F3N5O4S. The van der Waals surface area contributed by atoms with Crippen molar-refractivity contribution in [1.82, 2.24) is 9.88 Å². The first-order valence-corrected chi connectivity index (χ1v) is 13.4. The van der Waals surface area contributed by atoms with Crippen LogP contribution in [0.2, 0.25) is 0 Å².